The molecule has 1 aliphatic rings. The van der Waals surface area contributed by atoms with Gasteiger partial charge in [0.2, 0.25) is 0 Å². The number of carbonyl (C=O) groups is 1. The molecule has 2 atom stereocenters. The lowest BCUT2D eigenvalue weighted by molar-refractivity contribution is -0.107. The van der Waals surface area contributed by atoms with Crippen LogP contribution in [0.3, 0.4) is 0 Å². The second kappa shape index (κ2) is 4.09. The van der Waals surface area contributed by atoms with E-state index in [9.17, 15) is 4.79 Å². The molecule has 0 amide bonds. The van der Waals surface area contributed by atoms with Crippen molar-refractivity contribution in [1.29, 1.82) is 0 Å². The van der Waals surface area contributed by atoms with Gasteiger partial charge in [0, 0.05) is 13.2 Å². The average molecular weight is 207 g/mol. The molecule has 0 aromatic rings. The van der Waals surface area contributed by atoms with Gasteiger partial charge in [0.25, 0.3) is 0 Å². The van der Waals surface area contributed by atoms with Crippen molar-refractivity contribution >= 4 is 22.2 Å². The molecule has 0 unspecified atom stereocenters. The maximum Gasteiger partial charge on any atom is 0.133 e. The Morgan fingerprint density at radius 1 is 1.80 bits per heavy atom. The van der Waals surface area contributed by atoms with Crippen LogP contribution in [0.2, 0.25) is 0 Å². The number of hydrogen-bond acceptors (Lipinski definition) is 2. The van der Waals surface area contributed by atoms with Crippen LogP contribution in [-0.4, -0.2) is 24.3 Å². The molecule has 2 nitrogen and oxygen atoms in total. The molecule has 0 aromatic carbocycles. The number of carbonyl (C=O) groups excluding carboxylic acids is 1. The molecular weight excluding hydrogens is 196 g/mol. The van der Waals surface area contributed by atoms with E-state index in [4.69, 9.17) is 4.74 Å². The third kappa shape index (κ3) is 2.39. The van der Waals surface area contributed by atoms with Gasteiger partial charge < -0.3 is 9.53 Å². The topological polar surface area (TPSA) is 26.3 Å². The first kappa shape index (κ1) is 8.21. The van der Waals surface area contributed by atoms with Crippen LogP contribution in [0.25, 0.3) is 0 Å². The predicted octanol–water partition coefficient (Wildman–Crippen LogP) is 1.38. The monoisotopic (exact) mass is 206 g/mol. The fourth-order valence-corrected chi connectivity index (χ4v) is 1.67. The summed E-state index contributed by atoms with van der Waals surface area (Å²) in [6.07, 6.45) is 2.97. The van der Waals surface area contributed by atoms with Gasteiger partial charge in [-0.3, -0.25) is 0 Å². The Morgan fingerprint density at radius 2 is 2.60 bits per heavy atom. The van der Waals surface area contributed by atoms with E-state index in [2.05, 4.69) is 15.9 Å². The highest BCUT2D eigenvalue weighted by atomic mass is 79.9. The van der Waals surface area contributed by atoms with Gasteiger partial charge in [-0.05, 0) is 18.8 Å². The Bertz CT molecular complexity index is 110. The van der Waals surface area contributed by atoms with Gasteiger partial charge in [0.05, 0.1) is 4.83 Å². The number of ether oxygens (including phenoxy) is 1. The number of aldehydes is 1. The maximum atomic E-state index is 10.2. The third-order valence-electron chi connectivity index (χ3n) is 1.73. The van der Waals surface area contributed by atoms with Crippen molar-refractivity contribution in [1.82, 2.24) is 0 Å². The van der Waals surface area contributed by atoms with Crippen molar-refractivity contribution < 1.29 is 9.53 Å². The van der Waals surface area contributed by atoms with Crippen molar-refractivity contribution in [2.75, 3.05) is 13.2 Å². The van der Waals surface area contributed by atoms with Crippen molar-refractivity contribution in [3.05, 3.63) is 0 Å². The summed E-state index contributed by atoms with van der Waals surface area (Å²) in [5.74, 6) is 0.592. The molecule has 1 fully saturated rings. The minimum Gasteiger partial charge on any atom is -0.381 e. The van der Waals surface area contributed by atoms with Gasteiger partial charge in [-0.15, -0.1) is 0 Å². The summed E-state index contributed by atoms with van der Waals surface area (Å²) in [4.78, 5) is 10.2. The average Bonchev–Trinajstić information content (AvgIpc) is 2.40. The molecule has 1 heterocycles. The van der Waals surface area contributed by atoms with Crippen LogP contribution in [0.4, 0.5) is 0 Å². The van der Waals surface area contributed by atoms with Gasteiger partial charge in [0.1, 0.15) is 6.29 Å². The van der Waals surface area contributed by atoms with E-state index in [1.807, 2.05) is 0 Å². The Morgan fingerprint density at radius 3 is 3.10 bits per heavy atom. The first-order chi connectivity index (χ1) is 4.83. The lowest BCUT2D eigenvalue weighted by atomic mass is 10.0. The van der Waals surface area contributed by atoms with Gasteiger partial charge in [-0.25, -0.2) is 0 Å². The van der Waals surface area contributed by atoms with Crippen LogP contribution < -0.4 is 0 Å². The minimum atomic E-state index is 0.0270. The Labute approximate surface area is 69.1 Å². The summed E-state index contributed by atoms with van der Waals surface area (Å²) in [5.41, 5.74) is 0. The Kier molecular flexibility index (Phi) is 3.35. The number of halogens is 1. The maximum absolute atomic E-state index is 10.2. The molecule has 1 rings (SSSR count). The Hall–Kier alpha value is 0.110. The number of rotatable bonds is 3. The SMILES string of the molecule is O=C[C@@H](Br)C[C@@H]1CCOC1. The molecule has 10 heavy (non-hydrogen) atoms. The molecule has 58 valence electrons. The third-order valence-corrected chi connectivity index (χ3v) is 2.32. The zero-order chi connectivity index (χ0) is 7.40. The molecule has 0 aliphatic carbocycles. The van der Waals surface area contributed by atoms with E-state index in [1.165, 1.54) is 0 Å². The summed E-state index contributed by atoms with van der Waals surface area (Å²) < 4.78 is 5.17. The highest BCUT2D eigenvalue weighted by Gasteiger charge is 2.18. The molecule has 0 N–H and O–H groups in total. The van der Waals surface area contributed by atoms with Crippen LogP contribution in [-0.2, 0) is 9.53 Å². The predicted molar refractivity (Wildman–Crippen MR) is 42.3 cm³/mol. The van der Waals surface area contributed by atoms with Gasteiger partial charge in [-0.2, -0.15) is 0 Å². The van der Waals surface area contributed by atoms with Crippen LogP contribution >= 0.6 is 15.9 Å². The molecule has 0 spiro atoms. The second-order valence-corrected chi connectivity index (χ2v) is 3.79. The van der Waals surface area contributed by atoms with Crippen molar-refractivity contribution in [3.8, 4) is 0 Å². The molecular formula is C7H11BrO2. The molecule has 3 heteroatoms. The van der Waals surface area contributed by atoms with E-state index in [-0.39, 0.29) is 4.83 Å². The summed E-state index contributed by atoms with van der Waals surface area (Å²) >= 11 is 3.26. The van der Waals surface area contributed by atoms with Crippen LogP contribution in [0.15, 0.2) is 0 Å². The lowest BCUT2D eigenvalue weighted by Crippen LogP contribution is -2.08. The summed E-state index contributed by atoms with van der Waals surface area (Å²) in [5, 5.41) is 0. The fraction of sp³-hybridized carbons (Fsp3) is 0.857. The van der Waals surface area contributed by atoms with Crippen molar-refractivity contribution in [3.63, 3.8) is 0 Å². The van der Waals surface area contributed by atoms with Gasteiger partial charge >= 0.3 is 0 Å². The van der Waals surface area contributed by atoms with Crippen LogP contribution in [0.5, 0.6) is 0 Å². The molecule has 1 saturated heterocycles. The van der Waals surface area contributed by atoms with Crippen molar-refractivity contribution in [2.45, 2.75) is 17.7 Å². The first-order valence-corrected chi connectivity index (χ1v) is 4.41. The first-order valence-electron chi connectivity index (χ1n) is 3.50. The standard InChI is InChI=1S/C7H11BrO2/c8-7(4-9)3-6-1-2-10-5-6/h4,6-7H,1-3,5H2/t6-,7-/m0/s1. The fourth-order valence-electron chi connectivity index (χ4n) is 1.14. The highest BCUT2D eigenvalue weighted by Crippen LogP contribution is 2.20. The summed E-state index contributed by atoms with van der Waals surface area (Å²) in [7, 11) is 0. The Balaban J connectivity index is 2.17. The molecule has 1 aliphatic heterocycles. The molecule has 0 aromatic heterocycles. The molecule has 0 saturated carbocycles. The zero-order valence-electron chi connectivity index (χ0n) is 5.75. The summed E-state index contributed by atoms with van der Waals surface area (Å²) in [6.45, 7) is 1.69. The zero-order valence-corrected chi connectivity index (χ0v) is 7.34. The van der Waals surface area contributed by atoms with Crippen LogP contribution in [0.1, 0.15) is 12.8 Å². The summed E-state index contributed by atoms with van der Waals surface area (Å²) in [6, 6.07) is 0. The van der Waals surface area contributed by atoms with Gasteiger partial charge in [-0.1, -0.05) is 15.9 Å². The van der Waals surface area contributed by atoms with Crippen LogP contribution in [0, 0.1) is 5.92 Å². The van der Waals surface area contributed by atoms with Gasteiger partial charge in [0.15, 0.2) is 0 Å². The van der Waals surface area contributed by atoms with E-state index in [1.54, 1.807) is 0 Å². The normalized spacial score (nSPS) is 28.3. The largest absolute Gasteiger partial charge is 0.381 e. The van der Waals surface area contributed by atoms with E-state index < -0.39 is 0 Å². The number of hydrogen-bond donors (Lipinski definition) is 0. The number of alkyl halides is 1. The molecule has 0 bridgehead atoms. The minimum absolute atomic E-state index is 0.0270. The second-order valence-electron chi connectivity index (χ2n) is 2.62. The molecule has 0 radical (unpaired) electrons. The smallest absolute Gasteiger partial charge is 0.133 e. The van der Waals surface area contributed by atoms with E-state index >= 15 is 0 Å². The quantitative estimate of drug-likeness (QED) is 0.516. The van der Waals surface area contributed by atoms with E-state index in [0.29, 0.717) is 5.92 Å². The van der Waals surface area contributed by atoms with Crippen molar-refractivity contribution in [2.24, 2.45) is 5.92 Å². The van der Waals surface area contributed by atoms with E-state index in [0.717, 1.165) is 32.3 Å². The highest BCUT2D eigenvalue weighted by molar-refractivity contribution is 9.09. The lowest BCUT2D eigenvalue weighted by Gasteiger charge is -2.06.